The third kappa shape index (κ3) is 2.26. The lowest BCUT2D eigenvalue weighted by molar-refractivity contribution is 0.0506. The monoisotopic (exact) mass is 249 g/mol. The Bertz CT molecular complexity index is 448. The second-order valence-corrected chi connectivity index (χ2v) is 5.28. The van der Waals surface area contributed by atoms with E-state index < -0.39 is 0 Å². The van der Waals surface area contributed by atoms with Gasteiger partial charge in [0, 0.05) is 12.1 Å². The van der Waals surface area contributed by atoms with E-state index in [0.29, 0.717) is 5.56 Å². The zero-order valence-corrected chi connectivity index (χ0v) is 11.2. The summed E-state index contributed by atoms with van der Waals surface area (Å²) in [5.41, 5.74) is 0.730. The molecule has 0 radical (unpaired) electrons. The van der Waals surface area contributed by atoms with Crippen molar-refractivity contribution in [3.05, 3.63) is 35.1 Å². The van der Waals surface area contributed by atoms with Gasteiger partial charge >= 0.3 is 0 Å². The van der Waals surface area contributed by atoms with Crippen LogP contribution in [0.15, 0.2) is 18.2 Å². The molecule has 18 heavy (non-hydrogen) atoms. The Labute approximate surface area is 108 Å². The van der Waals surface area contributed by atoms with Crippen molar-refractivity contribution in [2.75, 3.05) is 0 Å². The van der Waals surface area contributed by atoms with E-state index in [-0.39, 0.29) is 29.4 Å². The normalized spacial score (nSPS) is 24.1. The maximum absolute atomic E-state index is 14.0. The first-order valence-electron chi connectivity index (χ1n) is 6.60. The van der Waals surface area contributed by atoms with Crippen LogP contribution in [-0.2, 0) is 0 Å². The Morgan fingerprint density at radius 1 is 1.28 bits per heavy atom. The Hall–Kier alpha value is -1.38. The highest BCUT2D eigenvalue weighted by molar-refractivity contribution is 5.95. The fraction of sp³-hybridized carbons (Fsp3) is 0.533. The summed E-state index contributed by atoms with van der Waals surface area (Å²) in [6, 6.07) is 5.40. The molecule has 1 saturated heterocycles. The minimum absolute atomic E-state index is 0.170. The van der Waals surface area contributed by atoms with Crippen LogP contribution < -0.4 is 0 Å². The summed E-state index contributed by atoms with van der Waals surface area (Å²) < 4.78 is 14.0. The Balaban J connectivity index is 2.32. The lowest BCUT2D eigenvalue weighted by Crippen LogP contribution is -2.47. The van der Waals surface area contributed by atoms with Crippen LogP contribution in [0.3, 0.4) is 0 Å². The molecule has 98 valence electrons. The van der Waals surface area contributed by atoms with Crippen LogP contribution in [0.2, 0.25) is 0 Å². The van der Waals surface area contributed by atoms with Gasteiger partial charge < -0.3 is 4.90 Å². The molecular formula is C15H20FNO. The molecule has 2 rings (SSSR count). The van der Waals surface area contributed by atoms with Crippen LogP contribution >= 0.6 is 0 Å². The molecule has 2 unspecified atom stereocenters. The summed E-state index contributed by atoms with van der Waals surface area (Å²) in [5, 5.41) is 0. The van der Waals surface area contributed by atoms with Crippen LogP contribution in [0.1, 0.15) is 49.0 Å². The van der Waals surface area contributed by atoms with Crippen LogP contribution in [0.25, 0.3) is 0 Å². The molecule has 0 N–H and O–H groups in total. The van der Waals surface area contributed by atoms with Crippen molar-refractivity contribution >= 4 is 5.91 Å². The van der Waals surface area contributed by atoms with E-state index in [9.17, 15) is 9.18 Å². The topological polar surface area (TPSA) is 20.3 Å². The van der Waals surface area contributed by atoms with Gasteiger partial charge in [0.25, 0.3) is 5.91 Å². The number of hydrogen-bond donors (Lipinski definition) is 0. The Kier molecular flexibility index (Phi) is 3.69. The van der Waals surface area contributed by atoms with Crippen LogP contribution in [0, 0.1) is 12.7 Å². The number of benzene rings is 1. The molecule has 1 fully saturated rings. The molecule has 1 aromatic rings. The molecule has 2 nitrogen and oxygen atoms in total. The van der Waals surface area contributed by atoms with Crippen molar-refractivity contribution < 1.29 is 9.18 Å². The van der Waals surface area contributed by atoms with E-state index in [0.717, 1.165) is 19.3 Å². The minimum atomic E-state index is -0.382. The van der Waals surface area contributed by atoms with Gasteiger partial charge in [0.15, 0.2) is 0 Å². The number of rotatable bonds is 1. The second kappa shape index (κ2) is 5.09. The Morgan fingerprint density at radius 2 is 1.89 bits per heavy atom. The van der Waals surface area contributed by atoms with Crippen molar-refractivity contribution in [1.29, 1.82) is 0 Å². The number of aryl methyl sites for hydroxylation is 1. The smallest absolute Gasteiger partial charge is 0.257 e. The van der Waals surface area contributed by atoms with Crippen molar-refractivity contribution in [3.8, 4) is 0 Å². The highest BCUT2D eigenvalue weighted by Gasteiger charge is 2.30. The molecule has 2 atom stereocenters. The van der Waals surface area contributed by atoms with E-state index in [2.05, 4.69) is 0 Å². The van der Waals surface area contributed by atoms with E-state index in [1.807, 2.05) is 18.7 Å². The molecule has 1 aromatic carbocycles. The van der Waals surface area contributed by atoms with Gasteiger partial charge in [-0.3, -0.25) is 4.79 Å². The van der Waals surface area contributed by atoms with E-state index in [1.54, 1.807) is 25.1 Å². The molecule has 1 amide bonds. The zero-order valence-electron chi connectivity index (χ0n) is 11.2. The molecular weight excluding hydrogens is 229 g/mol. The van der Waals surface area contributed by atoms with Crippen molar-refractivity contribution in [3.63, 3.8) is 0 Å². The first-order chi connectivity index (χ1) is 8.52. The van der Waals surface area contributed by atoms with Gasteiger partial charge in [-0.1, -0.05) is 12.1 Å². The Morgan fingerprint density at radius 3 is 2.50 bits per heavy atom. The number of carbonyl (C=O) groups is 1. The van der Waals surface area contributed by atoms with Gasteiger partial charge in [0.05, 0.1) is 5.56 Å². The average molecular weight is 249 g/mol. The predicted octanol–water partition coefficient (Wildman–Crippen LogP) is 3.54. The van der Waals surface area contributed by atoms with Gasteiger partial charge in [-0.15, -0.1) is 0 Å². The molecule has 1 aliphatic rings. The highest BCUT2D eigenvalue weighted by Crippen LogP contribution is 2.25. The summed E-state index contributed by atoms with van der Waals surface area (Å²) in [5.74, 6) is -0.552. The van der Waals surface area contributed by atoms with Crippen molar-refractivity contribution in [1.82, 2.24) is 4.90 Å². The fourth-order valence-electron chi connectivity index (χ4n) is 2.77. The number of amides is 1. The fourth-order valence-corrected chi connectivity index (χ4v) is 2.77. The average Bonchev–Trinajstić information content (AvgIpc) is 2.32. The van der Waals surface area contributed by atoms with Crippen molar-refractivity contribution in [2.45, 2.75) is 52.1 Å². The first-order valence-corrected chi connectivity index (χ1v) is 6.60. The molecule has 0 saturated carbocycles. The number of carbonyl (C=O) groups excluding carboxylic acids is 1. The summed E-state index contributed by atoms with van der Waals surface area (Å²) in [6.07, 6.45) is 3.15. The van der Waals surface area contributed by atoms with Gasteiger partial charge in [-0.05, 0) is 51.7 Å². The number of piperidine rings is 1. The van der Waals surface area contributed by atoms with E-state index >= 15 is 0 Å². The maximum Gasteiger partial charge on any atom is 0.257 e. The number of likely N-dealkylation sites (tertiary alicyclic amines) is 1. The molecule has 1 aliphatic heterocycles. The van der Waals surface area contributed by atoms with E-state index in [4.69, 9.17) is 0 Å². The molecule has 0 aromatic heterocycles. The van der Waals surface area contributed by atoms with Crippen LogP contribution in [0.5, 0.6) is 0 Å². The highest BCUT2D eigenvalue weighted by atomic mass is 19.1. The minimum Gasteiger partial charge on any atom is -0.333 e. The quantitative estimate of drug-likeness (QED) is 0.745. The number of halogens is 1. The predicted molar refractivity (Wildman–Crippen MR) is 70.1 cm³/mol. The van der Waals surface area contributed by atoms with Gasteiger partial charge in [-0.25, -0.2) is 4.39 Å². The number of nitrogens with zero attached hydrogens (tertiary/aromatic N) is 1. The largest absolute Gasteiger partial charge is 0.333 e. The maximum atomic E-state index is 14.0. The lowest BCUT2D eigenvalue weighted by Gasteiger charge is -2.39. The standard InChI is InChI=1S/C15H20FNO/c1-10-6-4-9-13(14(10)16)15(18)17-11(2)7-5-8-12(17)3/h4,6,9,11-12H,5,7-8H2,1-3H3. The molecule has 1 heterocycles. The van der Waals surface area contributed by atoms with Gasteiger partial charge in [-0.2, -0.15) is 0 Å². The molecule has 0 spiro atoms. The van der Waals surface area contributed by atoms with Crippen LogP contribution in [0.4, 0.5) is 4.39 Å². The number of hydrogen-bond acceptors (Lipinski definition) is 1. The zero-order chi connectivity index (χ0) is 13.3. The first kappa shape index (κ1) is 13.1. The summed E-state index contributed by atoms with van der Waals surface area (Å²) >= 11 is 0. The summed E-state index contributed by atoms with van der Waals surface area (Å²) in [7, 11) is 0. The summed E-state index contributed by atoms with van der Waals surface area (Å²) in [4.78, 5) is 14.3. The van der Waals surface area contributed by atoms with Crippen LogP contribution in [-0.4, -0.2) is 22.9 Å². The molecule has 0 aliphatic carbocycles. The third-order valence-electron chi connectivity index (χ3n) is 3.85. The lowest BCUT2D eigenvalue weighted by atomic mass is 9.96. The SMILES string of the molecule is Cc1cccc(C(=O)N2C(C)CCCC2C)c1F. The molecule has 0 bridgehead atoms. The second-order valence-electron chi connectivity index (χ2n) is 5.28. The summed E-state index contributed by atoms with van der Waals surface area (Å²) in [6.45, 7) is 5.78. The van der Waals surface area contributed by atoms with E-state index in [1.165, 1.54) is 0 Å². The third-order valence-corrected chi connectivity index (χ3v) is 3.85. The van der Waals surface area contributed by atoms with Gasteiger partial charge in [0.2, 0.25) is 0 Å². The van der Waals surface area contributed by atoms with Crippen molar-refractivity contribution in [2.24, 2.45) is 0 Å². The molecule has 3 heteroatoms. The van der Waals surface area contributed by atoms with Gasteiger partial charge in [0.1, 0.15) is 5.82 Å².